The zero-order valence-corrected chi connectivity index (χ0v) is 17.5. The average molecular weight is 424 g/mol. The molecule has 0 spiro atoms. The van der Waals surface area contributed by atoms with Crippen molar-refractivity contribution in [3.8, 4) is 11.3 Å². The Bertz CT molecular complexity index is 1210. The molecular formula is C24H19Cl2NO2. The molecule has 1 amide bonds. The van der Waals surface area contributed by atoms with Gasteiger partial charge in [-0.05, 0) is 60.0 Å². The average Bonchev–Trinajstić information content (AvgIpc) is 3.13. The first-order valence-electron chi connectivity index (χ1n) is 9.31. The van der Waals surface area contributed by atoms with Gasteiger partial charge in [-0.3, -0.25) is 4.79 Å². The molecule has 0 saturated heterocycles. The summed E-state index contributed by atoms with van der Waals surface area (Å²) in [5.74, 6) is 0.883. The summed E-state index contributed by atoms with van der Waals surface area (Å²) in [5.41, 5.74) is 3.96. The fourth-order valence-corrected chi connectivity index (χ4v) is 3.56. The Hall–Kier alpha value is -2.75. The third-order valence-corrected chi connectivity index (χ3v) is 5.35. The van der Waals surface area contributed by atoms with Crippen molar-refractivity contribution in [3.05, 3.63) is 87.9 Å². The summed E-state index contributed by atoms with van der Waals surface area (Å²) in [4.78, 5) is 12.6. The van der Waals surface area contributed by atoms with E-state index < -0.39 is 0 Å². The molecule has 5 heteroatoms. The minimum absolute atomic E-state index is 0.319. The van der Waals surface area contributed by atoms with Gasteiger partial charge in [0.2, 0.25) is 0 Å². The van der Waals surface area contributed by atoms with Crippen molar-refractivity contribution in [2.24, 2.45) is 0 Å². The van der Waals surface area contributed by atoms with Crippen molar-refractivity contribution in [2.75, 3.05) is 5.32 Å². The molecule has 3 aromatic carbocycles. The minimum atomic E-state index is -0.319. The zero-order valence-electron chi connectivity index (χ0n) is 16.0. The molecule has 0 aliphatic rings. The highest BCUT2D eigenvalue weighted by Crippen LogP contribution is 2.31. The van der Waals surface area contributed by atoms with Gasteiger partial charge in [0.1, 0.15) is 11.3 Å². The maximum atomic E-state index is 12.6. The molecule has 0 unspecified atom stereocenters. The van der Waals surface area contributed by atoms with Gasteiger partial charge in [-0.1, -0.05) is 55.2 Å². The van der Waals surface area contributed by atoms with Crippen LogP contribution in [-0.4, -0.2) is 5.91 Å². The summed E-state index contributed by atoms with van der Waals surface area (Å²) < 4.78 is 6.02. The van der Waals surface area contributed by atoms with Gasteiger partial charge in [0.25, 0.3) is 5.91 Å². The lowest BCUT2D eigenvalue weighted by molar-refractivity contribution is 0.102. The molecule has 1 aromatic heterocycles. The molecule has 0 bridgehead atoms. The van der Waals surface area contributed by atoms with Crippen molar-refractivity contribution in [2.45, 2.75) is 19.8 Å². The number of rotatable bonds is 4. The topological polar surface area (TPSA) is 42.2 Å². The molecule has 1 N–H and O–H groups in total. The van der Waals surface area contributed by atoms with Gasteiger partial charge in [0.05, 0.1) is 10.6 Å². The molecule has 0 aliphatic heterocycles. The summed E-state index contributed by atoms with van der Waals surface area (Å²) in [6.45, 7) is 4.33. The van der Waals surface area contributed by atoms with Gasteiger partial charge in [-0.2, -0.15) is 0 Å². The first kappa shape index (κ1) is 19.6. The van der Waals surface area contributed by atoms with Gasteiger partial charge >= 0.3 is 0 Å². The predicted molar refractivity (Wildman–Crippen MR) is 120 cm³/mol. The van der Waals surface area contributed by atoms with Crippen LogP contribution in [0.2, 0.25) is 10.0 Å². The molecule has 0 radical (unpaired) electrons. The van der Waals surface area contributed by atoms with E-state index in [0.717, 1.165) is 22.3 Å². The third kappa shape index (κ3) is 4.16. The number of hydrogen-bond acceptors (Lipinski definition) is 2. The Balaban J connectivity index is 1.62. The summed E-state index contributed by atoms with van der Waals surface area (Å²) in [6.07, 6.45) is 0. The van der Waals surface area contributed by atoms with Crippen LogP contribution in [0.5, 0.6) is 0 Å². The van der Waals surface area contributed by atoms with Crippen LogP contribution in [0.3, 0.4) is 0 Å². The highest BCUT2D eigenvalue weighted by atomic mass is 35.5. The van der Waals surface area contributed by atoms with Crippen molar-refractivity contribution >= 4 is 45.8 Å². The van der Waals surface area contributed by atoms with Crippen molar-refractivity contribution in [1.29, 1.82) is 0 Å². The Labute approximate surface area is 179 Å². The molecule has 0 saturated carbocycles. The minimum Gasteiger partial charge on any atom is -0.456 e. The molecule has 0 fully saturated rings. The number of benzene rings is 3. The standard InChI is InChI=1S/C24H19Cl2NO2/c1-14(2)15-6-9-22-17(10-15)12-23(29-22)16-4-3-5-19(11-16)27-24(28)20-13-18(25)7-8-21(20)26/h3-14H,1-2H3,(H,27,28). The van der Waals surface area contributed by atoms with Gasteiger partial charge < -0.3 is 9.73 Å². The van der Waals surface area contributed by atoms with E-state index in [0.29, 0.717) is 27.2 Å². The fourth-order valence-electron chi connectivity index (χ4n) is 3.18. The van der Waals surface area contributed by atoms with Crippen LogP contribution in [0.25, 0.3) is 22.3 Å². The first-order valence-corrected chi connectivity index (χ1v) is 10.1. The normalized spacial score (nSPS) is 11.2. The quantitative estimate of drug-likeness (QED) is 0.363. The van der Waals surface area contributed by atoms with Crippen LogP contribution in [0, 0.1) is 0 Å². The number of fused-ring (bicyclic) bond motifs is 1. The largest absolute Gasteiger partial charge is 0.456 e. The number of amides is 1. The van der Waals surface area contributed by atoms with Gasteiger partial charge in [0.15, 0.2) is 0 Å². The maximum Gasteiger partial charge on any atom is 0.257 e. The lowest BCUT2D eigenvalue weighted by Crippen LogP contribution is -2.12. The Morgan fingerprint density at radius 1 is 0.966 bits per heavy atom. The molecule has 146 valence electrons. The molecule has 29 heavy (non-hydrogen) atoms. The van der Waals surface area contributed by atoms with Crippen LogP contribution in [0.1, 0.15) is 35.7 Å². The van der Waals surface area contributed by atoms with E-state index in [9.17, 15) is 4.79 Å². The third-order valence-electron chi connectivity index (χ3n) is 4.79. The second-order valence-corrected chi connectivity index (χ2v) is 8.07. The van der Waals surface area contributed by atoms with Crippen molar-refractivity contribution < 1.29 is 9.21 Å². The predicted octanol–water partition coefficient (Wildman–Crippen LogP) is 7.78. The lowest BCUT2D eigenvalue weighted by Gasteiger charge is -2.08. The highest BCUT2D eigenvalue weighted by molar-refractivity contribution is 6.36. The molecule has 1 heterocycles. The number of anilines is 1. The molecule has 4 rings (SSSR count). The van der Waals surface area contributed by atoms with E-state index in [1.54, 1.807) is 18.2 Å². The van der Waals surface area contributed by atoms with E-state index in [-0.39, 0.29) is 5.91 Å². The van der Waals surface area contributed by atoms with Crippen LogP contribution in [0.15, 0.2) is 71.1 Å². The van der Waals surface area contributed by atoms with Crippen molar-refractivity contribution in [3.63, 3.8) is 0 Å². The number of halogens is 2. The Morgan fingerprint density at radius 3 is 2.59 bits per heavy atom. The molecule has 0 atom stereocenters. The number of nitrogens with one attached hydrogen (secondary N) is 1. The highest BCUT2D eigenvalue weighted by Gasteiger charge is 2.13. The number of furan rings is 1. The summed E-state index contributed by atoms with van der Waals surface area (Å²) in [7, 11) is 0. The Morgan fingerprint density at radius 2 is 1.79 bits per heavy atom. The van der Waals surface area contributed by atoms with Gasteiger partial charge in [0, 0.05) is 21.7 Å². The van der Waals surface area contributed by atoms with Crippen LogP contribution in [-0.2, 0) is 0 Å². The van der Waals surface area contributed by atoms with E-state index in [4.69, 9.17) is 27.6 Å². The lowest BCUT2D eigenvalue weighted by atomic mass is 10.0. The van der Waals surface area contributed by atoms with E-state index in [1.165, 1.54) is 5.56 Å². The fraction of sp³-hybridized carbons (Fsp3) is 0.125. The van der Waals surface area contributed by atoms with Crippen LogP contribution in [0.4, 0.5) is 5.69 Å². The molecule has 4 aromatic rings. The van der Waals surface area contributed by atoms with E-state index in [1.807, 2.05) is 36.4 Å². The van der Waals surface area contributed by atoms with Crippen LogP contribution < -0.4 is 5.32 Å². The summed E-state index contributed by atoms with van der Waals surface area (Å²) in [5, 5.41) is 4.74. The second kappa shape index (κ2) is 7.94. The SMILES string of the molecule is CC(C)c1ccc2oc(-c3cccc(NC(=O)c4cc(Cl)ccc4Cl)c3)cc2c1. The second-order valence-electron chi connectivity index (χ2n) is 7.22. The van der Waals surface area contributed by atoms with Gasteiger partial charge in [-0.15, -0.1) is 0 Å². The van der Waals surface area contributed by atoms with Crippen molar-refractivity contribution in [1.82, 2.24) is 0 Å². The number of carbonyl (C=O) groups is 1. The maximum absolute atomic E-state index is 12.6. The van der Waals surface area contributed by atoms with Gasteiger partial charge in [-0.25, -0.2) is 0 Å². The first-order chi connectivity index (χ1) is 13.9. The molecule has 0 aliphatic carbocycles. The van der Waals surface area contributed by atoms with E-state index in [2.05, 4.69) is 31.3 Å². The number of carbonyl (C=O) groups excluding carboxylic acids is 1. The van der Waals surface area contributed by atoms with Crippen LogP contribution >= 0.6 is 23.2 Å². The van der Waals surface area contributed by atoms with E-state index >= 15 is 0 Å². The summed E-state index contributed by atoms with van der Waals surface area (Å²) in [6, 6.07) is 20.6. The zero-order chi connectivity index (χ0) is 20.5. The Kier molecular flexibility index (Phi) is 5.35. The molecular weight excluding hydrogens is 405 g/mol. The number of hydrogen-bond donors (Lipinski definition) is 1. The monoisotopic (exact) mass is 423 g/mol. The summed E-state index contributed by atoms with van der Waals surface area (Å²) >= 11 is 12.1. The molecule has 3 nitrogen and oxygen atoms in total. The smallest absolute Gasteiger partial charge is 0.257 e.